The second kappa shape index (κ2) is 9.74. The van der Waals surface area contributed by atoms with E-state index in [1.54, 1.807) is 6.33 Å². The number of carbonyl (C=O) groups excluding carboxylic acids is 3. The maximum Gasteiger partial charge on any atom is 0.323 e. The van der Waals surface area contributed by atoms with Crippen molar-refractivity contribution >= 4 is 17.8 Å². The zero-order valence-electron chi connectivity index (χ0n) is 18.1. The number of benzene rings is 1. The first-order valence-corrected chi connectivity index (χ1v) is 10.3. The predicted octanol–water partition coefficient (Wildman–Crippen LogP) is 0.931. The molecular weight excluding hydrogens is 398 g/mol. The summed E-state index contributed by atoms with van der Waals surface area (Å²) in [6.07, 6.45) is 2.64. The molecular formula is C22H29N5O4. The summed E-state index contributed by atoms with van der Waals surface area (Å²) in [5.41, 5.74) is 8.94. The summed E-state index contributed by atoms with van der Waals surface area (Å²) in [6.45, 7) is 4.08. The monoisotopic (exact) mass is 427 g/mol. The molecule has 0 saturated heterocycles. The van der Waals surface area contributed by atoms with E-state index >= 15 is 0 Å². The van der Waals surface area contributed by atoms with Gasteiger partial charge in [-0.05, 0) is 24.5 Å². The SMILES string of the molecule is CCCN(CC(N)=O)C(=O)CN1C(C(=O)OC)Cc2[nH]cnc2C1c1ccccc1C. The van der Waals surface area contributed by atoms with Crippen LogP contribution in [0.3, 0.4) is 0 Å². The number of primary amides is 1. The summed E-state index contributed by atoms with van der Waals surface area (Å²) >= 11 is 0. The third kappa shape index (κ3) is 4.77. The number of fused-ring (bicyclic) bond motifs is 1. The first-order valence-electron chi connectivity index (χ1n) is 10.3. The van der Waals surface area contributed by atoms with Gasteiger partial charge in [-0.25, -0.2) is 4.98 Å². The Morgan fingerprint density at radius 2 is 2.06 bits per heavy atom. The standard InChI is InChI=1S/C22H29N5O4/c1-4-9-26(11-18(23)28)19(29)12-27-17(22(30)31-3)10-16-20(25-13-24-16)21(27)15-8-6-5-7-14(15)2/h5-8,13,17,21H,4,9-12H2,1-3H3,(H2,23,28)(H,24,25). The van der Waals surface area contributed by atoms with E-state index in [9.17, 15) is 14.4 Å². The molecule has 2 amide bonds. The molecule has 2 unspecified atom stereocenters. The highest BCUT2D eigenvalue weighted by Crippen LogP contribution is 2.37. The highest BCUT2D eigenvalue weighted by Gasteiger charge is 2.43. The number of nitrogens with zero attached hydrogens (tertiary/aromatic N) is 3. The van der Waals surface area contributed by atoms with Gasteiger partial charge in [-0.15, -0.1) is 0 Å². The lowest BCUT2D eigenvalue weighted by Crippen LogP contribution is -2.54. The van der Waals surface area contributed by atoms with Gasteiger partial charge in [-0.1, -0.05) is 31.2 Å². The summed E-state index contributed by atoms with van der Waals surface area (Å²) < 4.78 is 5.07. The van der Waals surface area contributed by atoms with Crippen molar-refractivity contribution in [2.75, 3.05) is 26.7 Å². The van der Waals surface area contributed by atoms with Gasteiger partial charge in [-0.2, -0.15) is 0 Å². The Morgan fingerprint density at radius 3 is 2.71 bits per heavy atom. The maximum absolute atomic E-state index is 13.2. The third-order valence-electron chi connectivity index (χ3n) is 5.61. The van der Waals surface area contributed by atoms with Crippen LogP contribution < -0.4 is 5.73 Å². The molecule has 9 heteroatoms. The quantitative estimate of drug-likeness (QED) is 0.605. The molecule has 1 aromatic heterocycles. The topological polar surface area (TPSA) is 122 Å². The maximum atomic E-state index is 13.2. The predicted molar refractivity (Wildman–Crippen MR) is 114 cm³/mol. The van der Waals surface area contributed by atoms with Gasteiger partial charge in [0.25, 0.3) is 0 Å². The van der Waals surface area contributed by atoms with Crippen LogP contribution in [-0.2, 0) is 25.5 Å². The largest absolute Gasteiger partial charge is 0.468 e. The number of hydrogen-bond donors (Lipinski definition) is 2. The molecule has 1 aliphatic rings. The Hall–Kier alpha value is -3.20. The summed E-state index contributed by atoms with van der Waals surface area (Å²) in [5, 5.41) is 0. The zero-order chi connectivity index (χ0) is 22.5. The van der Waals surface area contributed by atoms with E-state index in [1.165, 1.54) is 12.0 Å². The lowest BCUT2D eigenvalue weighted by molar-refractivity contribution is -0.150. The number of nitrogens with one attached hydrogen (secondary N) is 1. The number of amides is 2. The number of esters is 1. The number of aromatic amines is 1. The molecule has 31 heavy (non-hydrogen) atoms. The molecule has 0 fully saturated rings. The zero-order valence-corrected chi connectivity index (χ0v) is 18.1. The Kier molecular flexibility index (Phi) is 7.06. The molecule has 0 radical (unpaired) electrons. The Morgan fingerprint density at radius 1 is 1.32 bits per heavy atom. The minimum atomic E-state index is -0.677. The van der Waals surface area contributed by atoms with Crippen LogP contribution in [-0.4, -0.2) is 70.3 Å². The van der Waals surface area contributed by atoms with Crippen LogP contribution in [0.15, 0.2) is 30.6 Å². The van der Waals surface area contributed by atoms with Crippen LogP contribution in [0.25, 0.3) is 0 Å². The number of carbonyl (C=O) groups is 3. The van der Waals surface area contributed by atoms with E-state index < -0.39 is 24.0 Å². The number of H-pyrrole nitrogens is 1. The highest BCUT2D eigenvalue weighted by molar-refractivity contribution is 5.86. The fourth-order valence-electron chi connectivity index (χ4n) is 4.16. The van der Waals surface area contributed by atoms with Crippen molar-refractivity contribution in [3.05, 3.63) is 53.1 Å². The van der Waals surface area contributed by atoms with E-state index in [0.717, 1.165) is 22.5 Å². The number of aromatic nitrogens is 2. The first-order chi connectivity index (χ1) is 14.9. The molecule has 3 rings (SSSR count). The van der Waals surface area contributed by atoms with Crippen molar-refractivity contribution in [2.45, 2.75) is 38.8 Å². The number of ether oxygens (including phenoxy) is 1. The molecule has 2 atom stereocenters. The molecule has 2 heterocycles. The van der Waals surface area contributed by atoms with Crippen molar-refractivity contribution < 1.29 is 19.1 Å². The fraction of sp³-hybridized carbons (Fsp3) is 0.455. The van der Waals surface area contributed by atoms with E-state index in [4.69, 9.17) is 10.5 Å². The first kappa shape index (κ1) is 22.5. The van der Waals surface area contributed by atoms with Gasteiger partial charge in [0.15, 0.2) is 0 Å². The molecule has 3 N–H and O–H groups in total. The number of aryl methyl sites for hydroxylation is 1. The smallest absolute Gasteiger partial charge is 0.323 e. The minimum Gasteiger partial charge on any atom is -0.468 e. The Labute approximate surface area is 181 Å². The summed E-state index contributed by atoms with van der Waals surface area (Å²) in [7, 11) is 1.34. The number of rotatable bonds is 8. The molecule has 0 spiro atoms. The van der Waals surface area contributed by atoms with Crippen molar-refractivity contribution in [1.29, 1.82) is 0 Å². The third-order valence-corrected chi connectivity index (χ3v) is 5.61. The molecule has 1 aromatic carbocycles. The van der Waals surface area contributed by atoms with Gasteiger partial charge >= 0.3 is 5.97 Å². The average molecular weight is 428 g/mol. The number of methoxy groups -OCH3 is 1. The van der Waals surface area contributed by atoms with Crippen LogP contribution >= 0.6 is 0 Å². The summed E-state index contributed by atoms with van der Waals surface area (Å²) in [5.74, 6) is -1.27. The normalized spacial score (nSPS) is 18.3. The van der Waals surface area contributed by atoms with Crippen LogP contribution in [0.2, 0.25) is 0 Å². The summed E-state index contributed by atoms with van der Waals surface area (Å²) in [6, 6.07) is 6.73. The highest BCUT2D eigenvalue weighted by atomic mass is 16.5. The molecule has 0 saturated carbocycles. The van der Waals surface area contributed by atoms with Crippen molar-refractivity contribution in [1.82, 2.24) is 19.8 Å². The lowest BCUT2D eigenvalue weighted by atomic mass is 9.89. The van der Waals surface area contributed by atoms with E-state index in [-0.39, 0.29) is 19.0 Å². The Bertz CT molecular complexity index is 957. The van der Waals surface area contributed by atoms with E-state index in [2.05, 4.69) is 9.97 Å². The number of nitrogens with two attached hydrogens (primary N) is 1. The molecule has 166 valence electrons. The van der Waals surface area contributed by atoms with Gasteiger partial charge in [0, 0.05) is 18.7 Å². The van der Waals surface area contributed by atoms with Crippen LogP contribution in [0.4, 0.5) is 0 Å². The average Bonchev–Trinajstić information content (AvgIpc) is 3.21. The molecule has 1 aliphatic heterocycles. The van der Waals surface area contributed by atoms with Gasteiger partial charge in [0.05, 0.1) is 38.3 Å². The Balaban J connectivity index is 2.05. The minimum absolute atomic E-state index is 0.0711. The van der Waals surface area contributed by atoms with Gasteiger partial charge in [0.1, 0.15) is 6.04 Å². The molecule has 9 nitrogen and oxygen atoms in total. The molecule has 2 aromatic rings. The number of imidazole rings is 1. The second-order valence-electron chi connectivity index (χ2n) is 7.72. The van der Waals surface area contributed by atoms with E-state index in [0.29, 0.717) is 19.4 Å². The van der Waals surface area contributed by atoms with Crippen LogP contribution in [0.1, 0.15) is 41.9 Å². The fourth-order valence-corrected chi connectivity index (χ4v) is 4.16. The van der Waals surface area contributed by atoms with Crippen molar-refractivity contribution in [2.24, 2.45) is 5.73 Å². The molecule has 0 bridgehead atoms. The van der Waals surface area contributed by atoms with Crippen LogP contribution in [0, 0.1) is 6.92 Å². The van der Waals surface area contributed by atoms with Crippen molar-refractivity contribution in [3.8, 4) is 0 Å². The van der Waals surface area contributed by atoms with E-state index in [1.807, 2.05) is 43.0 Å². The van der Waals surface area contributed by atoms with Crippen LogP contribution in [0.5, 0.6) is 0 Å². The van der Waals surface area contributed by atoms with Gasteiger partial charge < -0.3 is 20.4 Å². The second-order valence-corrected chi connectivity index (χ2v) is 7.72. The van der Waals surface area contributed by atoms with Gasteiger partial charge in [0.2, 0.25) is 11.8 Å². The summed E-state index contributed by atoms with van der Waals surface area (Å²) in [4.78, 5) is 48.3. The van der Waals surface area contributed by atoms with Gasteiger partial charge in [-0.3, -0.25) is 19.3 Å². The lowest BCUT2D eigenvalue weighted by Gasteiger charge is -2.40. The number of hydrogen-bond acceptors (Lipinski definition) is 6. The molecule has 0 aliphatic carbocycles. The van der Waals surface area contributed by atoms with Crippen molar-refractivity contribution in [3.63, 3.8) is 0 Å².